The molecule has 12 nitrogen and oxygen atoms in total. The van der Waals surface area contributed by atoms with Crippen molar-refractivity contribution in [3.8, 4) is 0 Å². The van der Waals surface area contributed by atoms with Crippen LogP contribution in [-0.2, 0) is 40.4 Å². The molecule has 2 atom stereocenters. The third-order valence-corrected chi connectivity index (χ3v) is 6.39. The molecular formula is C18H24N4O8P2. The van der Waals surface area contributed by atoms with Gasteiger partial charge in [0.25, 0.3) is 0 Å². The van der Waals surface area contributed by atoms with Gasteiger partial charge in [-0.1, -0.05) is 34.0 Å². The quantitative estimate of drug-likeness (QED) is 0.225. The Morgan fingerprint density at radius 3 is 1.31 bits per heavy atom. The molecule has 14 heteroatoms. The van der Waals surface area contributed by atoms with Gasteiger partial charge >= 0.3 is 15.5 Å². The van der Waals surface area contributed by atoms with Crippen LogP contribution in [0.25, 0.3) is 0 Å². The molecule has 0 spiro atoms. The lowest BCUT2D eigenvalue weighted by Gasteiger charge is -2.12. The number of aliphatic hydroxyl groups excluding tert-OH is 2. The number of hydrogen-bond donors (Lipinski definition) is 2. The molecule has 0 aliphatic heterocycles. The molecule has 32 heavy (non-hydrogen) atoms. The number of rotatable bonds is 13. The van der Waals surface area contributed by atoms with Crippen LogP contribution in [0.15, 0.2) is 68.5 Å². The molecule has 0 aliphatic rings. The highest BCUT2D eigenvalue weighted by Gasteiger charge is 2.26. The van der Waals surface area contributed by atoms with Crippen LogP contribution >= 0.6 is 15.5 Å². The predicted molar refractivity (Wildman–Crippen MR) is 115 cm³/mol. The molecule has 0 radical (unpaired) electrons. The van der Waals surface area contributed by atoms with E-state index >= 15 is 0 Å². The average molecular weight is 486 g/mol. The van der Waals surface area contributed by atoms with E-state index in [2.05, 4.69) is 20.0 Å². The fraction of sp³-hybridized carbons (Fsp3) is 0.333. The molecule has 174 valence electrons. The average Bonchev–Trinajstić information content (AvgIpc) is 2.85. The largest absolute Gasteiger partial charge is 0.471 e. The fourth-order valence-electron chi connectivity index (χ4n) is 2.08. The van der Waals surface area contributed by atoms with Crippen LogP contribution in [0.5, 0.6) is 0 Å². The van der Waals surface area contributed by atoms with Crippen LogP contribution in [0.2, 0.25) is 0 Å². The minimum absolute atomic E-state index is 0.113. The molecule has 2 aromatic carbocycles. The van der Waals surface area contributed by atoms with Crippen molar-refractivity contribution in [1.29, 1.82) is 0 Å². The van der Waals surface area contributed by atoms with Gasteiger partial charge in [-0.15, -0.1) is 10.2 Å². The van der Waals surface area contributed by atoms with E-state index in [9.17, 15) is 9.13 Å². The molecular weight excluding hydrogens is 462 g/mol. The Kier molecular flexibility index (Phi) is 10.4. The second kappa shape index (κ2) is 12.8. The highest BCUT2D eigenvalue weighted by Crippen LogP contribution is 2.52. The summed E-state index contributed by atoms with van der Waals surface area (Å²) in [6.07, 6.45) is 0. The maximum absolute atomic E-state index is 12.5. The molecule has 0 heterocycles. The van der Waals surface area contributed by atoms with E-state index in [4.69, 9.17) is 28.3 Å². The summed E-state index contributed by atoms with van der Waals surface area (Å²) >= 11 is 0. The highest BCUT2D eigenvalue weighted by molar-refractivity contribution is 7.52. The van der Waals surface area contributed by atoms with Gasteiger partial charge in [0.15, 0.2) is 0 Å². The first-order chi connectivity index (χ1) is 15.3. The van der Waals surface area contributed by atoms with Gasteiger partial charge in [0.1, 0.15) is 0 Å². The summed E-state index contributed by atoms with van der Waals surface area (Å²) in [6, 6.07) is 12.9. The first-order valence-electron chi connectivity index (χ1n) is 9.22. The topological polar surface area (TPSA) is 161 Å². The van der Waals surface area contributed by atoms with E-state index in [1.807, 2.05) is 0 Å². The van der Waals surface area contributed by atoms with Gasteiger partial charge in [0.05, 0.1) is 37.8 Å². The summed E-state index contributed by atoms with van der Waals surface area (Å²) in [5.41, 5.74) is 2.15. The zero-order valence-electron chi connectivity index (χ0n) is 17.5. The van der Waals surface area contributed by atoms with Crippen molar-refractivity contribution in [2.45, 2.75) is 13.2 Å². The van der Waals surface area contributed by atoms with Gasteiger partial charge in [-0.2, -0.15) is 0 Å². The van der Waals surface area contributed by atoms with Crippen molar-refractivity contribution in [2.24, 2.45) is 20.0 Å². The van der Waals surface area contributed by atoms with Crippen molar-refractivity contribution in [1.82, 2.24) is 0 Å². The van der Waals surface area contributed by atoms with Gasteiger partial charge in [-0.05, 0) is 35.4 Å². The summed E-state index contributed by atoms with van der Waals surface area (Å²) in [7, 11) is -5.55. The van der Waals surface area contributed by atoms with E-state index in [0.29, 0.717) is 22.5 Å². The normalized spacial score (nSPS) is 15.8. The number of nitrogens with zero attached hydrogens (tertiary/aromatic N) is 4. The van der Waals surface area contributed by atoms with Gasteiger partial charge in [0.2, 0.25) is 0 Å². The second-order valence-corrected chi connectivity index (χ2v) is 9.48. The molecule has 0 bridgehead atoms. The van der Waals surface area contributed by atoms with Crippen molar-refractivity contribution in [3.05, 3.63) is 59.7 Å². The Morgan fingerprint density at radius 2 is 1.03 bits per heavy atom. The van der Waals surface area contributed by atoms with Crippen LogP contribution in [0.3, 0.4) is 0 Å². The van der Waals surface area contributed by atoms with Gasteiger partial charge in [0, 0.05) is 14.2 Å². The van der Waals surface area contributed by atoms with Crippen molar-refractivity contribution in [2.75, 3.05) is 27.4 Å². The number of aliphatic hydroxyl groups is 2. The summed E-state index contributed by atoms with van der Waals surface area (Å²) in [4.78, 5) is 7.20. The number of benzene rings is 2. The third-order valence-electron chi connectivity index (χ3n) is 3.83. The van der Waals surface area contributed by atoms with Crippen LogP contribution in [0.4, 0.5) is 11.4 Å². The zero-order valence-corrected chi connectivity index (χ0v) is 19.3. The third kappa shape index (κ3) is 8.42. The predicted octanol–water partition coefficient (Wildman–Crippen LogP) is 5.08. The minimum Gasteiger partial charge on any atom is -0.392 e. The highest BCUT2D eigenvalue weighted by atomic mass is 31.2. The molecule has 0 saturated heterocycles. The van der Waals surface area contributed by atoms with Crippen LogP contribution < -0.4 is 0 Å². The molecule has 0 aromatic heterocycles. The molecule has 0 amide bonds. The van der Waals surface area contributed by atoms with E-state index in [0.717, 1.165) is 14.2 Å². The van der Waals surface area contributed by atoms with Crippen molar-refractivity contribution < 1.29 is 37.4 Å². The summed E-state index contributed by atoms with van der Waals surface area (Å²) in [5, 5.41) is 25.7. The van der Waals surface area contributed by atoms with E-state index in [1.54, 1.807) is 48.5 Å². The minimum atomic E-state index is -3.92. The van der Waals surface area contributed by atoms with Crippen LogP contribution in [0.1, 0.15) is 11.1 Å². The Bertz CT molecular complexity index is 918. The standard InChI is InChI=1S/C18H24N4O8P2/c1-27-31(25,21-19-17-7-3-15(13-23)4-8-17)29-11-12-30-32(26,28-2)22-20-18-9-5-16(14-24)6-10-18/h3-10,23-24H,11-14H2,1-2H3. The van der Waals surface area contributed by atoms with E-state index < -0.39 is 15.5 Å². The monoisotopic (exact) mass is 486 g/mol. The van der Waals surface area contributed by atoms with E-state index in [1.165, 1.54) is 0 Å². The van der Waals surface area contributed by atoms with Crippen molar-refractivity contribution >= 4 is 26.9 Å². The molecule has 2 rings (SSSR count). The Hall–Kier alpha value is -2.14. The van der Waals surface area contributed by atoms with Crippen LogP contribution in [0, 0.1) is 0 Å². The first-order valence-corrected chi connectivity index (χ1v) is 12.2. The molecule has 2 N–H and O–H groups in total. The molecule has 0 saturated carbocycles. The van der Waals surface area contributed by atoms with Crippen molar-refractivity contribution in [3.63, 3.8) is 0 Å². The van der Waals surface area contributed by atoms with Gasteiger partial charge < -0.3 is 10.2 Å². The van der Waals surface area contributed by atoms with Gasteiger partial charge in [-0.3, -0.25) is 18.1 Å². The lowest BCUT2D eigenvalue weighted by Crippen LogP contribution is -2.02. The van der Waals surface area contributed by atoms with E-state index in [-0.39, 0.29) is 26.4 Å². The summed E-state index contributed by atoms with van der Waals surface area (Å²) < 4.78 is 44.8. The Morgan fingerprint density at radius 1 is 0.688 bits per heavy atom. The molecule has 0 aliphatic carbocycles. The maximum atomic E-state index is 12.5. The number of hydrogen-bond acceptors (Lipinski definition) is 10. The second-order valence-electron chi connectivity index (χ2n) is 6.00. The lowest BCUT2D eigenvalue weighted by molar-refractivity contribution is 0.165. The Balaban J connectivity index is 1.89. The van der Waals surface area contributed by atoms with Crippen LogP contribution in [-0.4, -0.2) is 37.6 Å². The first kappa shape index (κ1) is 26.1. The Labute approximate surface area is 185 Å². The SMILES string of the molecule is COP(=O)(N=Nc1ccc(CO)cc1)OCCOP(=O)(N=Nc1ccc(CO)cc1)OC. The zero-order chi connectivity index (χ0) is 23.5. The van der Waals surface area contributed by atoms with Gasteiger partial charge in [-0.25, -0.2) is 9.13 Å². The fourth-order valence-corrected chi connectivity index (χ4v) is 3.58. The summed E-state index contributed by atoms with van der Waals surface area (Å²) in [6.45, 7) is -0.834. The molecule has 0 fully saturated rings. The lowest BCUT2D eigenvalue weighted by atomic mass is 10.2. The smallest absolute Gasteiger partial charge is 0.392 e. The summed E-state index contributed by atoms with van der Waals surface area (Å²) in [5.74, 6) is 0. The maximum Gasteiger partial charge on any atom is 0.471 e. The molecule has 2 unspecified atom stereocenters. The molecule has 2 aromatic rings.